The van der Waals surface area contributed by atoms with Crippen molar-refractivity contribution >= 4 is 9.84 Å². The van der Waals surface area contributed by atoms with E-state index in [1.54, 1.807) is 9.80 Å². The largest absolute Gasteiger partial charge is 0.464 e. The summed E-state index contributed by atoms with van der Waals surface area (Å²) in [6.45, 7) is 0.568. The third kappa shape index (κ3) is 10.2. The first-order valence-electron chi connectivity index (χ1n) is 11.8. The second-order valence-corrected chi connectivity index (χ2v) is 10.0. The molecule has 37 heavy (non-hydrogen) atoms. The van der Waals surface area contributed by atoms with Crippen molar-refractivity contribution in [3.8, 4) is 11.5 Å². The molecule has 0 aliphatic carbocycles. The summed E-state index contributed by atoms with van der Waals surface area (Å²) in [4.78, 5) is 3.26. The molecule has 2 rings (SSSR count). The zero-order valence-corrected chi connectivity index (χ0v) is 21.3. The quantitative estimate of drug-likeness (QED) is 0.120. The van der Waals surface area contributed by atoms with Crippen LogP contribution in [-0.4, -0.2) is 127 Å². The fourth-order valence-corrected chi connectivity index (χ4v) is 4.78. The van der Waals surface area contributed by atoms with E-state index in [2.05, 4.69) is 0 Å². The lowest BCUT2D eigenvalue weighted by Crippen LogP contribution is -2.38. The first-order chi connectivity index (χ1) is 17.7. The number of aliphatic hydroxyl groups excluding tert-OH is 6. The average molecular weight is 545 g/mol. The fraction of sp³-hybridized carbons (Fsp3) is 0.500. The molecule has 0 radical (unpaired) electrons. The number of rotatable bonds is 18. The molecule has 0 bridgehead atoms. The van der Waals surface area contributed by atoms with Crippen molar-refractivity contribution in [2.45, 2.75) is 22.4 Å². The Morgan fingerprint density at radius 1 is 0.595 bits per heavy atom. The maximum absolute atomic E-state index is 13.0. The van der Waals surface area contributed by atoms with Gasteiger partial charge in [0, 0.05) is 26.2 Å². The Hall–Kier alpha value is -2.33. The lowest BCUT2D eigenvalue weighted by Gasteiger charge is -2.23. The number of hydrogen-bond acceptors (Lipinski definition) is 12. The van der Waals surface area contributed by atoms with Gasteiger partial charge in [-0.25, -0.2) is 8.42 Å². The summed E-state index contributed by atoms with van der Waals surface area (Å²) in [7, 11) is -3.86. The van der Waals surface area contributed by atoms with E-state index in [9.17, 15) is 18.6 Å². The molecule has 2 aromatic rings. The predicted octanol–water partition coefficient (Wildman–Crippen LogP) is -1.51. The van der Waals surface area contributed by atoms with Crippen molar-refractivity contribution < 1.29 is 48.5 Å². The van der Waals surface area contributed by atoms with Crippen LogP contribution in [0.3, 0.4) is 0 Å². The second-order valence-electron chi connectivity index (χ2n) is 8.09. The molecule has 0 saturated heterocycles. The van der Waals surface area contributed by atoms with Crippen LogP contribution in [0.25, 0.3) is 0 Å². The van der Waals surface area contributed by atoms with Gasteiger partial charge < -0.3 is 40.1 Å². The number of nitrogens with zero attached hydrogens (tertiary/aromatic N) is 2. The molecule has 2 unspecified atom stereocenters. The Kier molecular flexibility index (Phi) is 13.2. The molecule has 0 spiro atoms. The Morgan fingerprint density at radius 2 is 0.892 bits per heavy atom. The minimum atomic E-state index is -3.86. The van der Waals surface area contributed by atoms with Crippen LogP contribution in [-0.2, 0) is 9.84 Å². The van der Waals surface area contributed by atoms with Crippen molar-refractivity contribution in [1.29, 1.82) is 0 Å². The molecule has 12 nitrogen and oxygen atoms in total. The van der Waals surface area contributed by atoms with Gasteiger partial charge in [-0.05, 0) is 48.5 Å². The number of aliphatic hydroxyl groups is 6. The molecule has 208 valence electrons. The van der Waals surface area contributed by atoms with Crippen LogP contribution in [0, 0.1) is 0 Å². The average Bonchev–Trinajstić information content (AvgIpc) is 2.85. The number of benzene rings is 2. The molecule has 0 amide bonds. The minimum Gasteiger partial charge on any atom is -0.464 e. The lowest BCUT2D eigenvalue weighted by atomic mass is 10.3. The van der Waals surface area contributed by atoms with Gasteiger partial charge in [0.2, 0.25) is 22.4 Å². The van der Waals surface area contributed by atoms with E-state index in [1.165, 1.54) is 48.5 Å². The van der Waals surface area contributed by atoms with Crippen molar-refractivity contribution in [2.75, 3.05) is 65.7 Å². The molecule has 0 aliphatic heterocycles. The molecule has 0 fully saturated rings. The lowest BCUT2D eigenvalue weighted by molar-refractivity contribution is -0.0454. The monoisotopic (exact) mass is 544 g/mol. The summed E-state index contributed by atoms with van der Waals surface area (Å²) in [5, 5.41) is 56.4. The SMILES string of the molecule is O=S(=O)(c1ccc(OC(O)CN(CCO)CCO)cc1)c1ccc(OC(O)CN(CCO)CCO)cc1. The smallest absolute Gasteiger partial charge is 0.210 e. The minimum absolute atomic E-state index is 0.00822. The van der Waals surface area contributed by atoms with Gasteiger partial charge in [0.15, 0.2) is 0 Å². The number of ether oxygens (including phenoxy) is 2. The molecule has 0 aromatic heterocycles. The van der Waals surface area contributed by atoms with E-state index >= 15 is 0 Å². The van der Waals surface area contributed by atoms with Gasteiger partial charge in [-0.2, -0.15) is 0 Å². The number of sulfone groups is 1. The summed E-state index contributed by atoms with van der Waals surface area (Å²) in [6, 6.07) is 11.0. The van der Waals surface area contributed by atoms with E-state index < -0.39 is 22.4 Å². The Labute approximate surface area is 216 Å². The van der Waals surface area contributed by atoms with Crippen LogP contribution < -0.4 is 9.47 Å². The molecule has 2 aromatic carbocycles. The van der Waals surface area contributed by atoms with E-state index in [0.717, 1.165) is 0 Å². The van der Waals surface area contributed by atoms with E-state index in [-0.39, 0.29) is 87.0 Å². The molecule has 2 atom stereocenters. The molecular formula is C24H36N2O10S. The van der Waals surface area contributed by atoms with Gasteiger partial charge >= 0.3 is 0 Å². The molecule has 0 saturated carbocycles. The summed E-state index contributed by atoms with van der Waals surface area (Å²) < 4.78 is 36.8. The van der Waals surface area contributed by atoms with E-state index in [0.29, 0.717) is 0 Å². The van der Waals surface area contributed by atoms with Gasteiger partial charge in [0.05, 0.1) is 49.3 Å². The van der Waals surface area contributed by atoms with Gasteiger partial charge in [0.1, 0.15) is 11.5 Å². The summed E-state index contributed by atoms with van der Waals surface area (Å²) in [5.41, 5.74) is 0. The van der Waals surface area contributed by atoms with E-state index in [4.69, 9.17) is 29.9 Å². The first-order valence-corrected chi connectivity index (χ1v) is 13.2. The van der Waals surface area contributed by atoms with Gasteiger partial charge in [-0.15, -0.1) is 0 Å². The highest BCUT2D eigenvalue weighted by Crippen LogP contribution is 2.25. The van der Waals surface area contributed by atoms with Crippen molar-refractivity contribution in [2.24, 2.45) is 0 Å². The third-order valence-corrected chi connectivity index (χ3v) is 7.09. The maximum atomic E-state index is 13.0. The third-order valence-electron chi connectivity index (χ3n) is 5.31. The summed E-state index contributed by atoms with van der Waals surface area (Å²) >= 11 is 0. The number of hydrogen-bond donors (Lipinski definition) is 6. The predicted molar refractivity (Wildman–Crippen MR) is 133 cm³/mol. The first kappa shape index (κ1) is 30.9. The molecule has 0 aliphatic rings. The zero-order valence-electron chi connectivity index (χ0n) is 20.5. The maximum Gasteiger partial charge on any atom is 0.210 e. The van der Waals surface area contributed by atoms with Gasteiger partial charge in [-0.3, -0.25) is 9.80 Å². The van der Waals surface area contributed by atoms with Crippen LogP contribution in [0.5, 0.6) is 11.5 Å². The van der Waals surface area contributed by atoms with Gasteiger partial charge in [0.25, 0.3) is 0 Å². The highest BCUT2D eigenvalue weighted by molar-refractivity contribution is 7.91. The fourth-order valence-electron chi connectivity index (χ4n) is 3.52. The summed E-state index contributed by atoms with van der Waals surface area (Å²) in [6.07, 6.45) is -2.49. The Morgan fingerprint density at radius 3 is 1.16 bits per heavy atom. The molecule has 13 heteroatoms. The van der Waals surface area contributed by atoms with Gasteiger partial charge in [-0.1, -0.05) is 0 Å². The standard InChI is InChI=1S/C24H36N2O10S/c27-13-9-25(10-14-28)17-23(31)35-19-1-5-21(6-2-19)37(33,34)22-7-3-20(4-8-22)36-24(32)18-26(11-15-29)12-16-30/h1-8,23-24,27-32H,9-18H2. The second kappa shape index (κ2) is 15.8. The van der Waals surface area contributed by atoms with Crippen molar-refractivity contribution in [3.63, 3.8) is 0 Å². The Balaban J connectivity index is 1.99. The van der Waals surface area contributed by atoms with Crippen LogP contribution in [0.2, 0.25) is 0 Å². The molecule has 0 heterocycles. The normalized spacial score (nSPS) is 13.6. The van der Waals surface area contributed by atoms with Crippen molar-refractivity contribution in [1.82, 2.24) is 9.80 Å². The summed E-state index contributed by atoms with van der Waals surface area (Å²) in [5.74, 6) is 0.488. The van der Waals surface area contributed by atoms with Crippen LogP contribution >= 0.6 is 0 Å². The Bertz CT molecular complexity index is 918. The van der Waals surface area contributed by atoms with Crippen LogP contribution in [0.15, 0.2) is 58.3 Å². The molecular weight excluding hydrogens is 508 g/mol. The van der Waals surface area contributed by atoms with Crippen molar-refractivity contribution in [3.05, 3.63) is 48.5 Å². The topological polar surface area (TPSA) is 180 Å². The van der Waals surface area contributed by atoms with E-state index in [1.807, 2.05) is 0 Å². The zero-order chi connectivity index (χ0) is 27.3. The highest BCUT2D eigenvalue weighted by Gasteiger charge is 2.19. The highest BCUT2D eigenvalue weighted by atomic mass is 32.2. The van der Waals surface area contributed by atoms with Crippen LogP contribution in [0.4, 0.5) is 0 Å². The molecule has 6 N–H and O–H groups in total. The van der Waals surface area contributed by atoms with Crippen LogP contribution in [0.1, 0.15) is 0 Å².